The first kappa shape index (κ1) is 12.0. The molecule has 84 valence electrons. The smallest absolute Gasteiger partial charge is 0.0686 e. The van der Waals surface area contributed by atoms with Crippen LogP contribution in [0.4, 0.5) is 5.69 Å². The zero-order chi connectivity index (χ0) is 11.3. The van der Waals surface area contributed by atoms with Crippen LogP contribution in [0.25, 0.3) is 0 Å². The van der Waals surface area contributed by atoms with Crippen LogP contribution in [-0.2, 0) is 6.42 Å². The van der Waals surface area contributed by atoms with Crippen molar-refractivity contribution in [2.75, 3.05) is 5.73 Å². The summed E-state index contributed by atoms with van der Waals surface area (Å²) in [6.45, 7) is 4.08. The highest BCUT2D eigenvalue weighted by Crippen LogP contribution is 2.24. The van der Waals surface area contributed by atoms with E-state index in [9.17, 15) is 5.11 Å². The largest absolute Gasteiger partial charge is 0.398 e. The summed E-state index contributed by atoms with van der Waals surface area (Å²) in [5.74, 6) is 0. The Kier molecular flexibility index (Phi) is 4.09. The average molecular weight is 208 g/mol. The Labute approximate surface area is 91.3 Å². The summed E-state index contributed by atoms with van der Waals surface area (Å²) >= 11 is 0. The molecule has 1 aromatic heterocycles. The molecule has 1 atom stereocenters. The number of nitrogens with two attached hydrogens (primary N) is 1. The molecule has 0 radical (unpaired) electrons. The van der Waals surface area contributed by atoms with Gasteiger partial charge in [0.2, 0.25) is 0 Å². The van der Waals surface area contributed by atoms with Gasteiger partial charge in [-0.25, -0.2) is 0 Å². The van der Waals surface area contributed by atoms with E-state index in [0.717, 1.165) is 24.8 Å². The van der Waals surface area contributed by atoms with Crippen molar-refractivity contribution >= 4 is 5.69 Å². The normalized spacial score (nSPS) is 14.9. The van der Waals surface area contributed by atoms with Crippen molar-refractivity contribution in [3.05, 3.63) is 24.0 Å². The molecular formula is C12H20N2O. The van der Waals surface area contributed by atoms with Gasteiger partial charge in [0.1, 0.15) is 0 Å². The zero-order valence-corrected chi connectivity index (χ0v) is 9.53. The number of hydrogen-bond donors (Lipinski definition) is 2. The summed E-state index contributed by atoms with van der Waals surface area (Å²) in [4.78, 5) is 4.03. The predicted octanol–water partition coefficient (Wildman–Crippen LogP) is 2.15. The van der Waals surface area contributed by atoms with Gasteiger partial charge in [-0.05, 0) is 24.5 Å². The van der Waals surface area contributed by atoms with E-state index >= 15 is 0 Å². The molecule has 1 rings (SSSR count). The molecule has 3 nitrogen and oxygen atoms in total. The minimum atomic E-state index is -0.633. The summed E-state index contributed by atoms with van der Waals surface area (Å²) in [5.41, 5.74) is 6.85. The SMILES string of the molecule is CCCC(O)(CC)Cc1cnccc1N. The molecule has 0 amide bonds. The highest BCUT2D eigenvalue weighted by Gasteiger charge is 2.24. The first-order valence-electron chi connectivity index (χ1n) is 5.52. The number of hydrogen-bond acceptors (Lipinski definition) is 3. The third-order valence-corrected chi connectivity index (χ3v) is 2.83. The molecule has 1 heterocycles. The van der Waals surface area contributed by atoms with Crippen molar-refractivity contribution in [3.63, 3.8) is 0 Å². The predicted molar refractivity (Wildman–Crippen MR) is 62.5 cm³/mol. The van der Waals surface area contributed by atoms with Crippen molar-refractivity contribution in [3.8, 4) is 0 Å². The van der Waals surface area contributed by atoms with Crippen molar-refractivity contribution in [2.45, 2.75) is 45.1 Å². The lowest BCUT2D eigenvalue weighted by Gasteiger charge is -2.26. The van der Waals surface area contributed by atoms with Gasteiger partial charge in [0.05, 0.1) is 5.60 Å². The molecule has 1 unspecified atom stereocenters. The van der Waals surface area contributed by atoms with Crippen LogP contribution in [0.3, 0.4) is 0 Å². The Balaban J connectivity index is 2.79. The minimum Gasteiger partial charge on any atom is -0.398 e. The summed E-state index contributed by atoms with van der Waals surface area (Å²) in [6, 6.07) is 1.78. The van der Waals surface area contributed by atoms with Crippen LogP contribution >= 0.6 is 0 Å². The van der Waals surface area contributed by atoms with Crippen molar-refractivity contribution < 1.29 is 5.11 Å². The monoisotopic (exact) mass is 208 g/mol. The average Bonchev–Trinajstić information content (AvgIpc) is 2.22. The highest BCUT2D eigenvalue weighted by atomic mass is 16.3. The first-order chi connectivity index (χ1) is 7.11. The number of pyridine rings is 1. The van der Waals surface area contributed by atoms with Gasteiger partial charge >= 0.3 is 0 Å². The topological polar surface area (TPSA) is 59.1 Å². The van der Waals surface area contributed by atoms with Gasteiger partial charge in [0, 0.05) is 24.5 Å². The van der Waals surface area contributed by atoms with E-state index in [4.69, 9.17) is 5.73 Å². The number of aliphatic hydroxyl groups is 1. The maximum atomic E-state index is 10.3. The second-order valence-electron chi connectivity index (χ2n) is 4.08. The Morgan fingerprint density at radius 3 is 2.73 bits per heavy atom. The molecular weight excluding hydrogens is 188 g/mol. The van der Waals surface area contributed by atoms with Crippen molar-refractivity contribution in [2.24, 2.45) is 0 Å². The second-order valence-corrected chi connectivity index (χ2v) is 4.08. The van der Waals surface area contributed by atoms with Crippen LogP contribution in [0.2, 0.25) is 0 Å². The van der Waals surface area contributed by atoms with Gasteiger partial charge in [-0.3, -0.25) is 4.98 Å². The quantitative estimate of drug-likeness (QED) is 0.779. The molecule has 0 fully saturated rings. The maximum absolute atomic E-state index is 10.3. The lowest BCUT2D eigenvalue weighted by molar-refractivity contribution is 0.0271. The summed E-state index contributed by atoms with van der Waals surface area (Å²) < 4.78 is 0. The van der Waals surface area contributed by atoms with Gasteiger partial charge < -0.3 is 10.8 Å². The van der Waals surface area contributed by atoms with Gasteiger partial charge in [-0.1, -0.05) is 20.3 Å². The molecule has 0 aliphatic rings. The molecule has 0 aliphatic heterocycles. The Morgan fingerprint density at radius 2 is 2.20 bits per heavy atom. The van der Waals surface area contributed by atoms with E-state index in [1.54, 1.807) is 18.5 Å². The standard InChI is InChI=1S/C12H20N2O/c1-3-6-12(15,4-2)8-10-9-14-7-5-11(10)13/h5,7,9,15H,3-4,6,8H2,1-2H3,(H2,13,14). The summed E-state index contributed by atoms with van der Waals surface area (Å²) in [7, 11) is 0. The van der Waals surface area contributed by atoms with Gasteiger partial charge in [-0.2, -0.15) is 0 Å². The number of anilines is 1. The Bertz CT molecular complexity index is 314. The molecule has 0 aromatic carbocycles. The Morgan fingerprint density at radius 1 is 1.47 bits per heavy atom. The minimum absolute atomic E-state index is 0.594. The molecule has 15 heavy (non-hydrogen) atoms. The van der Waals surface area contributed by atoms with E-state index in [1.807, 2.05) is 6.92 Å². The van der Waals surface area contributed by atoms with Gasteiger partial charge in [-0.15, -0.1) is 0 Å². The molecule has 0 saturated carbocycles. The van der Waals surface area contributed by atoms with Crippen LogP contribution in [-0.4, -0.2) is 15.7 Å². The lowest BCUT2D eigenvalue weighted by Crippen LogP contribution is -2.30. The third kappa shape index (κ3) is 3.20. The molecule has 3 N–H and O–H groups in total. The summed E-state index contributed by atoms with van der Waals surface area (Å²) in [5, 5.41) is 10.3. The number of rotatable bonds is 5. The van der Waals surface area contributed by atoms with Crippen molar-refractivity contribution in [1.82, 2.24) is 4.98 Å². The molecule has 0 aliphatic carbocycles. The maximum Gasteiger partial charge on any atom is 0.0686 e. The van der Waals surface area contributed by atoms with Crippen LogP contribution < -0.4 is 5.73 Å². The number of aromatic nitrogens is 1. The first-order valence-corrected chi connectivity index (χ1v) is 5.52. The van der Waals surface area contributed by atoms with E-state index in [2.05, 4.69) is 11.9 Å². The van der Waals surface area contributed by atoms with E-state index in [0.29, 0.717) is 12.1 Å². The van der Waals surface area contributed by atoms with Crippen molar-refractivity contribution in [1.29, 1.82) is 0 Å². The molecule has 1 aromatic rings. The number of nitrogens with zero attached hydrogens (tertiary/aromatic N) is 1. The van der Waals surface area contributed by atoms with Gasteiger partial charge in [0.15, 0.2) is 0 Å². The molecule has 0 saturated heterocycles. The molecule has 0 bridgehead atoms. The van der Waals surface area contributed by atoms with Crippen LogP contribution in [0, 0.1) is 0 Å². The zero-order valence-electron chi connectivity index (χ0n) is 9.53. The fourth-order valence-corrected chi connectivity index (χ4v) is 1.80. The number of nitrogen functional groups attached to an aromatic ring is 1. The van der Waals surface area contributed by atoms with Crippen LogP contribution in [0.5, 0.6) is 0 Å². The highest BCUT2D eigenvalue weighted by molar-refractivity contribution is 5.44. The van der Waals surface area contributed by atoms with E-state index in [1.165, 1.54) is 0 Å². The fourth-order valence-electron chi connectivity index (χ4n) is 1.80. The Hall–Kier alpha value is -1.09. The fraction of sp³-hybridized carbons (Fsp3) is 0.583. The lowest BCUT2D eigenvalue weighted by atomic mass is 9.88. The molecule has 0 spiro atoms. The summed E-state index contributed by atoms with van der Waals surface area (Å²) in [6.07, 6.45) is 6.53. The van der Waals surface area contributed by atoms with Crippen LogP contribution in [0.1, 0.15) is 38.7 Å². The second kappa shape index (κ2) is 5.12. The van der Waals surface area contributed by atoms with Gasteiger partial charge in [0.25, 0.3) is 0 Å². The van der Waals surface area contributed by atoms with Crippen LogP contribution in [0.15, 0.2) is 18.5 Å². The van der Waals surface area contributed by atoms with E-state index in [-0.39, 0.29) is 0 Å². The third-order valence-electron chi connectivity index (χ3n) is 2.83. The van der Waals surface area contributed by atoms with E-state index < -0.39 is 5.60 Å². The molecule has 3 heteroatoms.